The Labute approximate surface area is 135 Å². The number of amides is 2. The highest BCUT2D eigenvalue weighted by Crippen LogP contribution is 2.24. The van der Waals surface area contributed by atoms with Gasteiger partial charge in [-0.25, -0.2) is 4.79 Å². The maximum atomic E-state index is 12.1. The summed E-state index contributed by atoms with van der Waals surface area (Å²) >= 11 is 0. The molecule has 6 heteroatoms. The predicted molar refractivity (Wildman–Crippen MR) is 85.9 cm³/mol. The van der Waals surface area contributed by atoms with Gasteiger partial charge in [-0.05, 0) is 56.4 Å². The molecule has 0 aromatic heterocycles. The molecular weight excluding hydrogens is 296 g/mol. The zero-order valence-electron chi connectivity index (χ0n) is 13.6. The summed E-state index contributed by atoms with van der Waals surface area (Å²) in [6.07, 6.45) is 2.31. The van der Waals surface area contributed by atoms with Crippen molar-refractivity contribution in [1.29, 1.82) is 0 Å². The van der Waals surface area contributed by atoms with Gasteiger partial charge < -0.3 is 15.4 Å². The summed E-state index contributed by atoms with van der Waals surface area (Å²) in [7, 11) is 0. The van der Waals surface area contributed by atoms with Gasteiger partial charge >= 0.3 is 5.97 Å². The molecule has 0 radical (unpaired) electrons. The summed E-state index contributed by atoms with van der Waals surface area (Å²) in [4.78, 5) is 34.8. The van der Waals surface area contributed by atoms with Crippen LogP contribution in [0.4, 0.5) is 5.69 Å². The molecule has 0 aliphatic heterocycles. The highest BCUT2D eigenvalue weighted by atomic mass is 16.5. The van der Waals surface area contributed by atoms with Gasteiger partial charge in [0.15, 0.2) is 6.10 Å². The maximum absolute atomic E-state index is 12.1. The number of nitrogens with one attached hydrogen (secondary N) is 2. The van der Waals surface area contributed by atoms with Gasteiger partial charge in [-0.15, -0.1) is 0 Å². The molecule has 124 valence electrons. The van der Waals surface area contributed by atoms with Crippen LogP contribution in [0, 0.1) is 0 Å². The van der Waals surface area contributed by atoms with E-state index in [9.17, 15) is 14.4 Å². The molecule has 1 aromatic carbocycles. The number of benzene rings is 1. The van der Waals surface area contributed by atoms with E-state index in [1.807, 2.05) is 18.2 Å². The smallest absolute Gasteiger partial charge is 0.329 e. The van der Waals surface area contributed by atoms with Crippen LogP contribution in [0.3, 0.4) is 0 Å². The monoisotopic (exact) mass is 318 g/mol. The maximum Gasteiger partial charge on any atom is 0.329 e. The van der Waals surface area contributed by atoms with Crippen LogP contribution in [0.2, 0.25) is 0 Å². The Hall–Kier alpha value is -2.37. The Morgan fingerprint density at radius 1 is 1.13 bits per heavy atom. The first-order chi connectivity index (χ1) is 10.9. The van der Waals surface area contributed by atoms with Gasteiger partial charge in [-0.3, -0.25) is 9.59 Å². The average Bonchev–Trinajstić information content (AvgIpc) is 2.93. The van der Waals surface area contributed by atoms with E-state index in [-0.39, 0.29) is 5.91 Å². The molecule has 0 heterocycles. The van der Waals surface area contributed by atoms with Gasteiger partial charge in [-0.1, -0.05) is 6.07 Å². The Morgan fingerprint density at radius 2 is 1.83 bits per heavy atom. The third-order valence-corrected chi connectivity index (χ3v) is 3.80. The van der Waals surface area contributed by atoms with Crippen LogP contribution in [0.15, 0.2) is 18.2 Å². The largest absolute Gasteiger partial charge is 0.451 e. The molecule has 23 heavy (non-hydrogen) atoms. The topological polar surface area (TPSA) is 84.5 Å². The van der Waals surface area contributed by atoms with Crippen molar-refractivity contribution in [2.24, 2.45) is 0 Å². The molecule has 2 amide bonds. The van der Waals surface area contributed by atoms with Gasteiger partial charge in [0.2, 0.25) is 5.91 Å². The second-order valence-electron chi connectivity index (χ2n) is 5.83. The minimum atomic E-state index is -0.938. The van der Waals surface area contributed by atoms with Crippen molar-refractivity contribution >= 4 is 23.5 Å². The lowest BCUT2D eigenvalue weighted by molar-refractivity contribution is -0.155. The zero-order chi connectivity index (χ0) is 17.0. The van der Waals surface area contributed by atoms with E-state index < -0.39 is 24.0 Å². The third kappa shape index (κ3) is 4.55. The summed E-state index contributed by atoms with van der Waals surface area (Å²) in [5.74, 6) is -1.37. The third-order valence-electron chi connectivity index (χ3n) is 3.80. The van der Waals surface area contributed by atoms with E-state index in [0.717, 1.165) is 19.3 Å². The Bertz CT molecular complexity index is 627. The second-order valence-corrected chi connectivity index (χ2v) is 5.83. The molecule has 0 bridgehead atoms. The van der Waals surface area contributed by atoms with Crippen LogP contribution < -0.4 is 10.6 Å². The first kappa shape index (κ1) is 17.0. The molecule has 1 aliphatic rings. The number of carbonyl (C=O) groups is 3. The SMILES string of the molecule is CC(=O)N[C@H](C)C(=O)O[C@H](C)C(=O)Nc1ccc2c(c1)CCC2. The van der Waals surface area contributed by atoms with Crippen LogP contribution in [0.1, 0.15) is 38.3 Å². The average molecular weight is 318 g/mol. The van der Waals surface area contributed by atoms with Gasteiger partial charge in [-0.2, -0.15) is 0 Å². The Kier molecular flexibility index (Phi) is 5.36. The molecule has 0 fully saturated rings. The molecule has 1 aromatic rings. The van der Waals surface area contributed by atoms with Crippen LogP contribution in [0.25, 0.3) is 0 Å². The molecule has 2 rings (SSSR count). The summed E-state index contributed by atoms with van der Waals surface area (Å²) in [5.41, 5.74) is 3.28. The van der Waals surface area contributed by atoms with Crippen molar-refractivity contribution < 1.29 is 19.1 Å². The number of esters is 1. The quantitative estimate of drug-likeness (QED) is 0.807. The molecule has 6 nitrogen and oxygen atoms in total. The normalized spacial score (nSPS) is 15.3. The lowest BCUT2D eigenvalue weighted by atomic mass is 10.1. The number of hydrogen-bond donors (Lipinski definition) is 2. The molecule has 1 aliphatic carbocycles. The number of hydrogen-bond acceptors (Lipinski definition) is 4. The van der Waals surface area contributed by atoms with Crippen molar-refractivity contribution in [3.05, 3.63) is 29.3 Å². The van der Waals surface area contributed by atoms with Crippen LogP contribution in [-0.4, -0.2) is 29.9 Å². The number of ether oxygens (including phenoxy) is 1. The van der Waals surface area contributed by atoms with E-state index in [4.69, 9.17) is 4.74 Å². The van der Waals surface area contributed by atoms with Gasteiger partial charge in [0.25, 0.3) is 5.91 Å². The van der Waals surface area contributed by atoms with E-state index in [2.05, 4.69) is 10.6 Å². The summed E-state index contributed by atoms with van der Waals surface area (Å²) in [6.45, 7) is 4.32. The fourth-order valence-corrected chi connectivity index (χ4v) is 2.59. The lowest BCUT2D eigenvalue weighted by Gasteiger charge is -2.17. The minimum Gasteiger partial charge on any atom is -0.451 e. The van der Waals surface area contributed by atoms with Gasteiger partial charge in [0.1, 0.15) is 6.04 Å². The van der Waals surface area contributed by atoms with E-state index in [1.54, 1.807) is 0 Å². The first-order valence-electron chi connectivity index (χ1n) is 7.77. The van der Waals surface area contributed by atoms with Crippen LogP contribution >= 0.6 is 0 Å². The molecule has 0 saturated heterocycles. The van der Waals surface area contributed by atoms with E-state index >= 15 is 0 Å². The fraction of sp³-hybridized carbons (Fsp3) is 0.471. The van der Waals surface area contributed by atoms with Crippen molar-refractivity contribution in [3.8, 4) is 0 Å². The van der Waals surface area contributed by atoms with E-state index in [1.165, 1.54) is 31.9 Å². The number of carbonyl (C=O) groups excluding carboxylic acids is 3. The predicted octanol–water partition coefficient (Wildman–Crippen LogP) is 1.57. The Balaban J connectivity index is 1.90. The molecule has 0 saturated carbocycles. The molecule has 2 N–H and O–H groups in total. The highest BCUT2D eigenvalue weighted by Gasteiger charge is 2.22. The summed E-state index contributed by atoms with van der Waals surface area (Å²) in [6, 6.07) is 5.06. The number of rotatable bonds is 5. The highest BCUT2D eigenvalue weighted by molar-refractivity contribution is 5.95. The first-order valence-corrected chi connectivity index (χ1v) is 7.77. The summed E-state index contributed by atoms with van der Waals surface area (Å²) in [5, 5.41) is 5.17. The van der Waals surface area contributed by atoms with Crippen molar-refractivity contribution in [3.63, 3.8) is 0 Å². The molecule has 0 unspecified atom stereocenters. The molecule has 0 spiro atoms. The number of anilines is 1. The standard InChI is InChI=1S/C17H22N2O4/c1-10(18-12(3)20)17(22)23-11(2)16(21)19-15-8-7-13-5-4-6-14(13)9-15/h7-11H,4-6H2,1-3H3,(H,18,20)(H,19,21)/t10-,11-/m1/s1. The van der Waals surface area contributed by atoms with Crippen molar-refractivity contribution in [2.75, 3.05) is 5.32 Å². The number of fused-ring (bicyclic) bond motifs is 1. The van der Waals surface area contributed by atoms with Crippen LogP contribution in [-0.2, 0) is 32.0 Å². The molecular formula is C17H22N2O4. The van der Waals surface area contributed by atoms with Crippen molar-refractivity contribution in [2.45, 2.75) is 52.2 Å². The summed E-state index contributed by atoms with van der Waals surface area (Å²) < 4.78 is 5.07. The van der Waals surface area contributed by atoms with Gasteiger partial charge in [0, 0.05) is 12.6 Å². The zero-order valence-corrected chi connectivity index (χ0v) is 13.6. The number of aryl methyl sites for hydroxylation is 2. The van der Waals surface area contributed by atoms with Crippen LogP contribution in [0.5, 0.6) is 0 Å². The van der Waals surface area contributed by atoms with Crippen molar-refractivity contribution in [1.82, 2.24) is 5.32 Å². The Morgan fingerprint density at radius 3 is 2.52 bits per heavy atom. The minimum absolute atomic E-state index is 0.329. The fourth-order valence-electron chi connectivity index (χ4n) is 2.59. The molecule has 2 atom stereocenters. The second kappa shape index (κ2) is 7.26. The van der Waals surface area contributed by atoms with Gasteiger partial charge in [0.05, 0.1) is 0 Å². The lowest BCUT2D eigenvalue weighted by Crippen LogP contribution is -2.41. The van der Waals surface area contributed by atoms with E-state index in [0.29, 0.717) is 5.69 Å².